The van der Waals surface area contributed by atoms with Crippen LogP contribution in [0.3, 0.4) is 0 Å². The normalized spacial score (nSPS) is 20.4. The lowest BCUT2D eigenvalue weighted by Crippen LogP contribution is -2.45. The van der Waals surface area contributed by atoms with E-state index < -0.39 is 0 Å². The average Bonchev–Trinajstić information content (AvgIpc) is 2.43. The van der Waals surface area contributed by atoms with Gasteiger partial charge < -0.3 is 14.8 Å². The van der Waals surface area contributed by atoms with Gasteiger partial charge in [-0.1, -0.05) is 19.9 Å². The topological polar surface area (TPSA) is 51.2 Å². The van der Waals surface area contributed by atoms with E-state index in [1.807, 2.05) is 33.0 Å². The van der Waals surface area contributed by atoms with Crippen molar-refractivity contribution in [2.75, 3.05) is 7.05 Å². The Labute approximate surface area is 121 Å². The van der Waals surface area contributed by atoms with Crippen LogP contribution in [-0.2, 0) is 11.2 Å². The summed E-state index contributed by atoms with van der Waals surface area (Å²) >= 11 is 0. The van der Waals surface area contributed by atoms with E-state index in [1.54, 1.807) is 13.1 Å². The molecule has 4 nitrogen and oxygen atoms in total. The maximum Gasteiger partial charge on any atom is 0.213 e. The number of aryl methyl sites for hydroxylation is 1. The summed E-state index contributed by atoms with van der Waals surface area (Å²) in [5, 5.41) is 3.22. The molecule has 1 aliphatic rings. The van der Waals surface area contributed by atoms with E-state index in [1.165, 1.54) is 0 Å². The van der Waals surface area contributed by atoms with Crippen molar-refractivity contribution in [3.05, 3.63) is 23.9 Å². The van der Waals surface area contributed by atoms with Gasteiger partial charge in [0.05, 0.1) is 0 Å². The zero-order chi connectivity index (χ0) is 15.0. The minimum atomic E-state index is 0.211. The Balaban J connectivity index is 0.000000956. The lowest BCUT2D eigenvalue weighted by Gasteiger charge is -2.34. The Kier molecular flexibility index (Phi) is 7.23. The van der Waals surface area contributed by atoms with Gasteiger partial charge in [-0.05, 0) is 38.8 Å². The van der Waals surface area contributed by atoms with Crippen LogP contribution in [0.2, 0.25) is 0 Å². The van der Waals surface area contributed by atoms with Crippen molar-refractivity contribution in [1.29, 1.82) is 0 Å². The molecule has 1 fully saturated rings. The first-order chi connectivity index (χ1) is 9.67. The van der Waals surface area contributed by atoms with E-state index in [2.05, 4.69) is 10.3 Å². The molecule has 112 valence electrons. The summed E-state index contributed by atoms with van der Waals surface area (Å²) in [5.41, 5.74) is 1.08. The molecule has 1 aliphatic carbocycles. The minimum Gasteiger partial charge on any atom is -0.474 e. The third-order valence-electron chi connectivity index (χ3n) is 3.35. The van der Waals surface area contributed by atoms with Crippen LogP contribution in [0.25, 0.3) is 0 Å². The summed E-state index contributed by atoms with van der Waals surface area (Å²) < 4.78 is 5.74. The monoisotopic (exact) mass is 278 g/mol. The van der Waals surface area contributed by atoms with Crippen LogP contribution in [-0.4, -0.2) is 30.0 Å². The lowest BCUT2D eigenvalue weighted by atomic mass is 9.89. The van der Waals surface area contributed by atoms with Crippen LogP contribution in [0, 0.1) is 0 Å². The van der Waals surface area contributed by atoms with Gasteiger partial charge >= 0.3 is 0 Å². The van der Waals surface area contributed by atoms with Crippen molar-refractivity contribution in [3.63, 3.8) is 0 Å². The number of ketones is 1. The predicted octanol–water partition coefficient (Wildman–Crippen LogP) is 2.76. The number of carbonyl (C=O) groups is 1. The molecule has 0 atom stereocenters. The van der Waals surface area contributed by atoms with Gasteiger partial charge in [0.1, 0.15) is 11.9 Å². The third kappa shape index (κ3) is 5.29. The van der Waals surface area contributed by atoms with Crippen LogP contribution in [0.15, 0.2) is 18.3 Å². The molecule has 4 heteroatoms. The number of hydrogen-bond donors (Lipinski definition) is 1. The second-order valence-corrected chi connectivity index (χ2v) is 4.90. The Hall–Kier alpha value is -1.42. The maximum absolute atomic E-state index is 10.9. The van der Waals surface area contributed by atoms with Crippen LogP contribution >= 0.6 is 0 Å². The molecule has 0 saturated heterocycles. The van der Waals surface area contributed by atoms with Crippen LogP contribution in [0.1, 0.15) is 45.6 Å². The van der Waals surface area contributed by atoms with Gasteiger partial charge in [0.2, 0.25) is 5.88 Å². The molecular formula is C16H26N2O2. The highest BCUT2D eigenvalue weighted by atomic mass is 16.5. The fourth-order valence-electron chi connectivity index (χ4n) is 2.02. The van der Waals surface area contributed by atoms with Crippen molar-refractivity contribution < 1.29 is 9.53 Å². The van der Waals surface area contributed by atoms with Gasteiger partial charge in [0.25, 0.3) is 0 Å². The van der Waals surface area contributed by atoms with E-state index in [9.17, 15) is 4.79 Å². The summed E-state index contributed by atoms with van der Waals surface area (Å²) in [7, 11) is 1.98. The fraction of sp³-hybridized carbons (Fsp3) is 0.625. The Morgan fingerprint density at radius 2 is 2.10 bits per heavy atom. The van der Waals surface area contributed by atoms with E-state index in [0.717, 1.165) is 24.8 Å². The molecule has 0 radical (unpaired) electrons. The summed E-state index contributed by atoms with van der Waals surface area (Å²) in [6, 6.07) is 4.46. The lowest BCUT2D eigenvalue weighted by molar-refractivity contribution is -0.116. The number of rotatable bonds is 6. The minimum absolute atomic E-state index is 0.211. The quantitative estimate of drug-likeness (QED) is 0.869. The Morgan fingerprint density at radius 1 is 1.40 bits per heavy atom. The Morgan fingerprint density at radius 3 is 2.60 bits per heavy atom. The molecule has 2 rings (SSSR count). The number of pyridine rings is 1. The molecule has 0 spiro atoms. The summed E-state index contributed by atoms with van der Waals surface area (Å²) in [6.45, 7) is 5.61. The fourth-order valence-corrected chi connectivity index (χ4v) is 2.02. The third-order valence-corrected chi connectivity index (χ3v) is 3.35. The molecular weight excluding hydrogens is 252 g/mol. The van der Waals surface area contributed by atoms with Gasteiger partial charge in [0.15, 0.2) is 0 Å². The number of nitrogens with one attached hydrogen (secondary N) is 1. The van der Waals surface area contributed by atoms with Crippen molar-refractivity contribution >= 4 is 5.78 Å². The summed E-state index contributed by atoms with van der Waals surface area (Å²) in [5.74, 6) is 0.893. The predicted molar refractivity (Wildman–Crippen MR) is 81.1 cm³/mol. The number of carbonyl (C=O) groups excluding carboxylic acids is 1. The first-order valence-electron chi connectivity index (χ1n) is 7.45. The number of aromatic nitrogens is 1. The highest BCUT2D eigenvalue weighted by Crippen LogP contribution is 2.24. The second-order valence-electron chi connectivity index (χ2n) is 4.90. The first kappa shape index (κ1) is 16.6. The van der Waals surface area contributed by atoms with Crippen LogP contribution < -0.4 is 10.1 Å². The van der Waals surface area contributed by atoms with Crippen molar-refractivity contribution in [2.24, 2.45) is 0 Å². The number of ether oxygens (including phenoxy) is 1. The van der Waals surface area contributed by atoms with E-state index in [0.29, 0.717) is 18.3 Å². The number of Topliss-reactive ketones (excluding diaryl/α,β-unsaturated/α-hetero) is 1. The molecule has 1 aromatic heterocycles. The molecule has 1 aromatic rings. The molecule has 0 aromatic carbocycles. The molecule has 0 unspecified atom stereocenters. The van der Waals surface area contributed by atoms with E-state index >= 15 is 0 Å². The molecule has 0 aliphatic heterocycles. The summed E-state index contributed by atoms with van der Waals surface area (Å²) in [4.78, 5) is 15.2. The summed E-state index contributed by atoms with van der Waals surface area (Å²) in [6.07, 6.45) is 5.52. The van der Waals surface area contributed by atoms with Crippen molar-refractivity contribution in [1.82, 2.24) is 10.3 Å². The van der Waals surface area contributed by atoms with Crippen molar-refractivity contribution in [3.8, 4) is 5.88 Å². The van der Waals surface area contributed by atoms with Gasteiger partial charge in [-0.3, -0.25) is 0 Å². The maximum atomic E-state index is 10.9. The second kappa shape index (κ2) is 8.69. The van der Waals surface area contributed by atoms with Crippen LogP contribution in [0.4, 0.5) is 0 Å². The Bertz CT molecular complexity index is 397. The molecule has 1 heterocycles. The highest BCUT2D eigenvalue weighted by Gasteiger charge is 2.29. The van der Waals surface area contributed by atoms with E-state index in [4.69, 9.17) is 4.74 Å². The van der Waals surface area contributed by atoms with Gasteiger partial charge in [-0.2, -0.15) is 0 Å². The molecule has 1 saturated carbocycles. The molecule has 0 amide bonds. The zero-order valence-electron chi connectivity index (χ0n) is 13.0. The van der Waals surface area contributed by atoms with Gasteiger partial charge in [-0.25, -0.2) is 4.98 Å². The van der Waals surface area contributed by atoms with Gasteiger partial charge in [-0.15, -0.1) is 0 Å². The largest absolute Gasteiger partial charge is 0.474 e. The smallest absolute Gasteiger partial charge is 0.213 e. The van der Waals surface area contributed by atoms with Crippen molar-refractivity contribution in [2.45, 2.75) is 58.6 Å². The first-order valence-corrected chi connectivity index (χ1v) is 7.45. The zero-order valence-corrected chi connectivity index (χ0v) is 13.0. The molecule has 1 N–H and O–H groups in total. The van der Waals surface area contributed by atoms with E-state index in [-0.39, 0.29) is 11.9 Å². The molecule has 20 heavy (non-hydrogen) atoms. The number of nitrogens with zero attached hydrogens (tertiary/aromatic N) is 1. The average molecular weight is 278 g/mol. The SMILES string of the molecule is CC.CNC1CC(Oc2ccc(CCC(C)=O)cn2)C1. The molecule has 0 bridgehead atoms. The van der Waals surface area contributed by atoms with Gasteiger partial charge in [0, 0.05) is 24.7 Å². The van der Waals surface area contributed by atoms with Crippen LogP contribution in [0.5, 0.6) is 5.88 Å². The standard InChI is InChI=1S/C14H20N2O2.C2H6/c1-10(17)3-4-11-5-6-14(16-9-11)18-13-7-12(8-13)15-2;1-2/h5-6,9,12-13,15H,3-4,7-8H2,1-2H3;1-2H3. The number of hydrogen-bond acceptors (Lipinski definition) is 4. The highest BCUT2D eigenvalue weighted by molar-refractivity contribution is 5.75.